The second kappa shape index (κ2) is 9.68. The van der Waals surface area contributed by atoms with Crippen LogP contribution >= 0.6 is 23.2 Å². The predicted octanol–water partition coefficient (Wildman–Crippen LogP) is 4.64. The quantitative estimate of drug-likeness (QED) is 0.344. The third kappa shape index (κ3) is 4.39. The number of anilines is 1. The molecule has 2 fully saturated rings. The molecule has 0 saturated carbocycles. The van der Waals surface area contributed by atoms with E-state index >= 15 is 0 Å². The fourth-order valence-corrected chi connectivity index (χ4v) is 6.50. The van der Waals surface area contributed by atoms with Crippen LogP contribution in [0.2, 0.25) is 10.0 Å². The molecule has 1 aromatic carbocycles. The van der Waals surface area contributed by atoms with Gasteiger partial charge in [-0.05, 0) is 25.1 Å². The van der Waals surface area contributed by atoms with E-state index in [-0.39, 0.29) is 12.0 Å². The Kier molecular flexibility index (Phi) is 6.46. The first-order chi connectivity index (χ1) is 18.3. The van der Waals surface area contributed by atoms with Crippen LogP contribution < -0.4 is 14.4 Å². The summed E-state index contributed by atoms with van der Waals surface area (Å²) in [6.07, 6.45) is 5.15. The largest absolute Gasteiger partial charge is 0.493 e. The van der Waals surface area contributed by atoms with Crippen LogP contribution in [-0.2, 0) is 17.6 Å². The van der Waals surface area contributed by atoms with Crippen molar-refractivity contribution in [3.63, 3.8) is 0 Å². The third-order valence-corrected chi connectivity index (χ3v) is 9.06. The Labute approximate surface area is 232 Å². The molecule has 2 aliphatic heterocycles. The number of aryl methyl sites for hydroxylation is 1. The maximum absolute atomic E-state index is 11.6. The molecule has 4 aromatic rings. The summed E-state index contributed by atoms with van der Waals surface area (Å²) in [7, 11) is 0.704. The maximum Gasteiger partial charge on any atom is 0.162 e. The lowest BCUT2D eigenvalue weighted by Crippen LogP contribution is -2.72. The highest BCUT2D eigenvalue weighted by atomic mass is 35.5. The molecule has 0 amide bonds. The van der Waals surface area contributed by atoms with Crippen LogP contribution in [0.4, 0.5) is 5.82 Å². The molecule has 0 bridgehead atoms. The number of nitrogens with zero attached hydrogens (tertiary/aromatic N) is 5. The first kappa shape index (κ1) is 25.4. The van der Waals surface area contributed by atoms with Gasteiger partial charge in [0, 0.05) is 72.8 Å². The first-order valence-electron chi connectivity index (χ1n) is 12.1. The van der Waals surface area contributed by atoms with E-state index in [1.807, 2.05) is 41.7 Å². The summed E-state index contributed by atoms with van der Waals surface area (Å²) in [6, 6.07) is 7.81. The summed E-state index contributed by atoms with van der Waals surface area (Å²) in [5.41, 5.74) is 4.08. The zero-order valence-electron chi connectivity index (χ0n) is 21.1. The molecule has 38 heavy (non-hydrogen) atoms. The van der Waals surface area contributed by atoms with E-state index in [1.165, 1.54) is 0 Å². The zero-order chi connectivity index (χ0) is 26.6. The molecule has 2 saturated heterocycles. The monoisotopic (exact) mass is 572 g/mol. The number of aromatic amines is 1. The molecule has 1 N–H and O–H groups in total. The lowest BCUT2D eigenvalue weighted by atomic mass is 9.74. The molecule has 1 spiro atoms. The minimum Gasteiger partial charge on any atom is -0.493 e. The lowest BCUT2D eigenvalue weighted by Gasteiger charge is -2.59. The Morgan fingerprint density at radius 3 is 2.58 bits per heavy atom. The standard InChI is InChI=1S/C26H26Cl2N6O3S/c1-15-24(28)18(19(27)9-29-15)10-37-22-6-17-20(7-21(22)36-2)31-32-25(17)16-4-5-23(30-8-16)33-11-26(12-33)13-34(14-26)38(3)35/h4-9H,10-14H2,1-3H3,(H,31,32). The molecule has 3 aromatic heterocycles. The van der Waals surface area contributed by atoms with Crippen LogP contribution in [0.25, 0.3) is 22.2 Å². The third-order valence-electron chi connectivity index (χ3n) is 7.25. The Bertz CT molecular complexity index is 1550. The fourth-order valence-electron chi connectivity index (χ4n) is 5.13. The normalized spacial score (nSPS) is 17.3. The maximum atomic E-state index is 11.6. The van der Waals surface area contributed by atoms with Crippen molar-refractivity contribution in [1.82, 2.24) is 24.5 Å². The van der Waals surface area contributed by atoms with Crippen LogP contribution in [0, 0.1) is 12.3 Å². The van der Waals surface area contributed by atoms with E-state index in [2.05, 4.69) is 20.1 Å². The van der Waals surface area contributed by atoms with Crippen molar-refractivity contribution in [3.8, 4) is 22.8 Å². The van der Waals surface area contributed by atoms with Gasteiger partial charge in [-0.25, -0.2) is 13.5 Å². The Morgan fingerprint density at radius 1 is 1.11 bits per heavy atom. The van der Waals surface area contributed by atoms with Crippen molar-refractivity contribution in [3.05, 3.63) is 58.0 Å². The molecule has 6 rings (SSSR count). The number of H-pyrrole nitrogens is 1. The number of ether oxygens (including phenoxy) is 2. The van der Waals surface area contributed by atoms with Gasteiger partial charge in [0.2, 0.25) is 0 Å². The minimum absolute atomic E-state index is 0.162. The molecule has 0 radical (unpaired) electrons. The molecule has 9 nitrogen and oxygen atoms in total. The summed E-state index contributed by atoms with van der Waals surface area (Å²) >= 11 is 12.7. The summed E-state index contributed by atoms with van der Waals surface area (Å²) in [5.74, 6) is 2.04. The van der Waals surface area contributed by atoms with Gasteiger partial charge >= 0.3 is 0 Å². The second-order valence-corrected chi connectivity index (χ2v) is 12.0. The second-order valence-electron chi connectivity index (χ2n) is 9.88. The summed E-state index contributed by atoms with van der Waals surface area (Å²) < 4.78 is 25.3. The van der Waals surface area contributed by atoms with E-state index in [4.69, 9.17) is 37.7 Å². The van der Waals surface area contributed by atoms with Gasteiger partial charge in [-0.15, -0.1) is 0 Å². The molecule has 5 heterocycles. The van der Waals surface area contributed by atoms with E-state index in [9.17, 15) is 4.21 Å². The Morgan fingerprint density at radius 2 is 1.89 bits per heavy atom. The topological polar surface area (TPSA) is 96.5 Å². The van der Waals surface area contributed by atoms with Crippen molar-refractivity contribution in [2.75, 3.05) is 44.4 Å². The van der Waals surface area contributed by atoms with Gasteiger partial charge in [-0.1, -0.05) is 23.2 Å². The van der Waals surface area contributed by atoms with E-state index < -0.39 is 11.0 Å². The van der Waals surface area contributed by atoms with Gasteiger partial charge in [0.25, 0.3) is 0 Å². The van der Waals surface area contributed by atoms with Crippen molar-refractivity contribution in [2.45, 2.75) is 13.5 Å². The number of methoxy groups -OCH3 is 1. The van der Waals surface area contributed by atoms with Gasteiger partial charge in [0.05, 0.1) is 39.4 Å². The van der Waals surface area contributed by atoms with E-state index in [0.29, 0.717) is 32.8 Å². The van der Waals surface area contributed by atoms with Gasteiger partial charge < -0.3 is 14.4 Å². The van der Waals surface area contributed by atoms with Crippen molar-refractivity contribution in [1.29, 1.82) is 0 Å². The summed E-state index contributed by atoms with van der Waals surface area (Å²) in [4.78, 5) is 11.1. The minimum atomic E-state index is -0.886. The molecule has 1 unspecified atom stereocenters. The van der Waals surface area contributed by atoms with E-state index in [0.717, 1.165) is 54.2 Å². The SMILES string of the molecule is COc1cc2[nH]nc(-c3ccc(N4CC5(C4)CN(S(C)=O)C5)nc3)c2cc1OCc1c(Cl)cnc(C)c1Cl. The van der Waals surface area contributed by atoms with Gasteiger partial charge in [-0.3, -0.25) is 10.1 Å². The molecular formula is C26H26Cl2N6O3S. The Balaban J connectivity index is 1.21. The van der Waals surface area contributed by atoms with Crippen LogP contribution in [0.3, 0.4) is 0 Å². The van der Waals surface area contributed by atoms with Gasteiger partial charge in [-0.2, -0.15) is 5.10 Å². The van der Waals surface area contributed by atoms with Crippen molar-refractivity contribution in [2.24, 2.45) is 5.41 Å². The number of hydrogen-bond donors (Lipinski definition) is 1. The van der Waals surface area contributed by atoms with Crippen LogP contribution in [-0.4, -0.2) is 68.2 Å². The molecular weight excluding hydrogens is 547 g/mol. The number of halogens is 2. The predicted molar refractivity (Wildman–Crippen MR) is 149 cm³/mol. The van der Waals surface area contributed by atoms with Crippen LogP contribution in [0.5, 0.6) is 11.5 Å². The number of rotatable bonds is 7. The van der Waals surface area contributed by atoms with Crippen molar-refractivity contribution >= 4 is 50.9 Å². The van der Waals surface area contributed by atoms with Gasteiger partial charge in [0.1, 0.15) is 18.1 Å². The summed E-state index contributed by atoms with van der Waals surface area (Å²) in [5, 5.41) is 9.43. The smallest absolute Gasteiger partial charge is 0.162 e. The highest BCUT2D eigenvalue weighted by Gasteiger charge is 2.53. The highest BCUT2D eigenvalue weighted by Crippen LogP contribution is 2.42. The fraction of sp³-hybridized carbons (Fsp3) is 0.346. The first-order valence-corrected chi connectivity index (χ1v) is 14.3. The van der Waals surface area contributed by atoms with Crippen LogP contribution in [0.1, 0.15) is 11.3 Å². The average Bonchev–Trinajstić information content (AvgIpc) is 3.27. The highest BCUT2D eigenvalue weighted by molar-refractivity contribution is 7.81. The van der Waals surface area contributed by atoms with Gasteiger partial charge in [0.15, 0.2) is 11.5 Å². The van der Waals surface area contributed by atoms with E-state index in [1.54, 1.807) is 19.6 Å². The van der Waals surface area contributed by atoms with Crippen molar-refractivity contribution < 1.29 is 13.7 Å². The number of hydrogen-bond acceptors (Lipinski definition) is 7. The molecule has 198 valence electrons. The number of fused-ring (bicyclic) bond motifs is 1. The Hall–Kier alpha value is -2.92. The van der Waals surface area contributed by atoms with Crippen LogP contribution in [0.15, 0.2) is 36.7 Å². The molecule has 2 aliphatic rings. The number of aromatic nitrogens is 4. The molecule has 0 aliphatic carbocycles. The summed E-state index contributed by atoms with van der Waals surface area (Å²) in [6.45, 7) is 5.62. The lowest BCUT2D eigenvalue weighted by molar-refractivity contribution is 0.0434. The number of pyridine rings is 2. The number of benzene rings is 1. The molecule has 12 heteroatoms. The molecule has 1 atom stereocenters. The number of nitrogens with one attached hydrogen (secondary N) is 1. The average molecular weight is 574 g/mol. The zero-order valence-corrected chi connectivity index (χ0v) is 23.5.